The molecule has 0 saturated heterocycles. The highest BCUT2D eigenvalue weighted by molar-refractivity contribution is 7.81. The van der Waals surface area contributed by atoms with Crippen molar-refractivity contribution >= 4 is 22.0 Å². The van der Waals surface area contributed by atoms with Crippen molar-refractivity contribution in [1.82, 2.24) is 0 Å². The lowest BCUT2D eigenvalue weighted by Gasteiger charge is -2.61. The van der Waals surface area contributed by atoms with Gasteiger partial charge >= 0.3 is 10.4 Å². The lowest BCUT2D eigenvalue weighted by atomic mass is 9.44. The number of hydrogen-bond acceptors (Lipinski definition) is 6. The Bertz CT molecular complexity index is 1340. The van der Waals surface area contributed by atoms with Crippen molar-refractivity contribution in [3.63, 3.8) is 0 Å². The number of Topliss-reactive ketones (excluding diaryl/α,β-unsaturated/α-hetero) is 2. The second-order valence-electron chi connectivity index (χ2n) is 20.3. The van der Waals surface area contributed by atoms with Gasteiger partial charge in [-0.1, -0.05) is 27.7 Å². The van der Waals surface area contributed by atoms with Crippen LogP contribution in [-0.4, -0.2) is 32.2 Å². The van der Waals surface area contributed by atoms with E-state index in [2.05, 4.69) is 27.7 Å². The van der Waals surface area contributed by atoms with Crippen molar-refractivity contribution in [2.24, 2.45) is 80.8 Å². The topological polar surface area (TPSA) is 86.7 Å². The number of fused-ring (bicyclic) bond motifs is 10. The Morgan fingerprint density at radius 2 is 0.857 bits per heavy atom. The third-order valence-corrected chi connectivity index (χ3v) is 19.7. The van der Waals surface area contributed by atoms with Gasteiger partial charge in [0.25, 0.3) is 0 Å². The fraction of sp³-hybridized carbons (Fsp3) is 0.952. The minimum atomic E-state index is -4.07. The summed E-state index contributed by atoms with van der Waals surface area (Å²) in [6, 6.07) is 0. The minimum absolute atomic E-state index is 0.172. The largest absolute Gasteiger partial charge is 0.400 e. The van der Waals surface area contributed by atoms with Crippen LogP contribution in [-0.2, 0) is 28.4 Å². The maximum Gasteiger partial charge on any atom is 0.400 e. The van der Waals surface area contributed by atoms with Crippen LogP contribution in [0.2, 0.25) is 0 Å². The molecule has 0 N–H and O–H groups in total. The zero-order valence-electron chi connectivity index (χ0n) is 31.5. The van der Waals surface area contributed by atoms with Crippen molar-refractivity contribution in [3.05, 3.63) is 0 Å². The van der Waals surface area contributed by atoms with Crippen LogP contribution >= 0.6 is 0 Å². The predicted octanol–water partition coefficient (Wildman–Crippen LogP) is 9.50. The molecule has 0 amide bonds. The first-order chi connectivity index (χ1) is 23.1. The molecule has 0 aromatic heterocycles. The summed E-state index contributed by atoms with van der Waals surface area (Å²) in [6.45, 7) is 13.5. The van der Waals surface area contributed by atoms with E-state index in [1.54, 1.807) is 0 Å². The first-order valence-corrected chi connectivity index (χ1v) is 22.0. The molecule has 8 aliphatic carbocycles. The average Bonchev–Trinajstić information content (AvgIpc) is 3.58. The molecule has 16 atom stereocenters. The summed E-state index contributed by atoms with van der Waals surface area (Å²) >= 11 is 0. The van der Waals surface area contributed by atoms with Crippen LogP contribution in [0.1, 0.15) is 157 Å². The molecular formula is C42H66O6S. The van der Waals surface area contributed by atoms with Crippen LogP contribution in [0.3, 0.4) is 0 Å². The zero-order valence-corrected chi connectivity index (χ0v) is 32.3. The van der Waals surface area contributed by atoms with Crippen LogP contribution in [0.5, 0.6) is 0 Å². The monoisotopic (exact) mass is 698 g/mol. The van der Waals surface area contributed by atoms with Crippen LogP contribution in [0.15, 0.2) is 0 Å². The summed E-state index contributed by atoms with van der Waals surface area (Å²) < 4.78 is 38.9. The van der Waals surface area contributed by atoms with Gasteiger partial charge in [-0.15, -0.1) is 0 Å². The predicted molar refractivity (Wildman–Crippen MR) is 190 cm³/mol. The minimum Gasteiger partial charge on any atom is -0.300 e. The van der Waals surface area contributed by atoms with E-state index in [-0.39, 0.29) is 45.7 Å². The number of hydrogen-bond donors (Lipinski definition) is 0. The summed E-state index contributed by atoms with van der Waals surface area (Å²) in [5, 5.41) is 0. The summed E-state index contributed by atoms with van der Waals surface area (Å²) in [7, 11) is -4.07. The van der Waals surface area contributed by atoms with Crippen molar-refractivity contribution in [2.45, 2.75) is 169 Å². The molecule has 8 saturated carbocycles. The highest BCUT2D eigenvalue weighted by atomic mass is 32.3. The molecule has 8 fully saturated rings. The van der Waals surface area contributed by atoms with E-state index in [1.807, 2.05) is 13.8 Å². The van der Waals surface area contributed by atoms with Gasteiger partial charge in [-0.25, -0.2) is 8.37 Å². The quantitative estimate of drug-likeness (QED) is 0.275. The third kappa shape index (κ3) is 5.44. The molecule has 0 aromatic carbocycles. The van der Waals surface area contributed by atoms with Gasteiger partial charge in [-0.05, 0) is 198 Å². The molecule has 0 bridgehead atoms. The smallest absolute Gasteiger partial charge is 0.300 e. The lowest BCUT2D eigenvalue weighted by Crippen LogP contribution is -2.54. The molecule has 0 aliphatic heterocycles. The van der Waals surface area contributed by atoms with E-state index in [4.69, 9.17) is 8.37 Å². The van der Waals surface area contributed by atoms with E-state index in [0.717, 1.165) is 77.0 Å². The zero-order chi connectivity index (χ0) is 34.7. The number of ketones is 2. The van der Waals surface area contributed by atoms with E-state index in [1.165, 1.54) is 38.5 Å². The maximum absolute atomic E-state index is 13.5. The van der Waals surface area contributed by atoms with Crippen LogP contribution < -0.4 is 0 Å². The number of carbonyl (C=O) groups is 2. The van der Waals surface area contributed by atoms with Crippen LogP contribution in [0, 0.1) is 80.8 Å². The fourth-order valence-corrected chi connectivity index (χ4v) is 17.4. The molecule has 276 valence electrons. The summed E-state index contributed by atoms with van der Waals surface area (Å²) in [5.74, 6) is 6.33. The number of rotatable bonds is 6. The van der Waals surface area contributed by atoms with Crippen molar-refractivity contribution in [3.8, 4) is 0 Å². The van der Waals surface area contributed by atoms with E-state index in [0.29, 0.717) is 58.9 Å². The normalized spacial score (nSPS) is 53.7. The molecule has 0 unspecified atom stereocenters. The lowest BCUT2D eigenvalue weighted by molar-refractivity contribution is -0.138. The first-order valence-electron chi connectivity index (χ1n) is 20.7. The second-order valence-corrected chi connectivity index (χ2v) is 21.5. The number of carbonyl (C=O) groups excluding carboxylic acids is 2. The van der Waals surface area contributed by atoms with Gasteiger partial charge < -0.3 is 0 Å². The molecule has 8 rings (SSSR count). The van der Waals surface area contributed by atoms with E-state index >= 15 is 0 Å². The van der Waals surface area contributed by atoms with Crippen molar-refractivity contribution in [1.29, 1.82) is 0 Å². The first kappa shape index (κ1) is 35.3. The van der Waals surface area contributed by atoms with Gasteiger partial charge in [0, 0.05) is 11.8 Å². The molecule has 7 heteroatoms. The SMILES string of the molecule is CC(=O)[C@H]1CC[C@H]2[C@@H]3CC[C@@H]4C[C@H](OS(=O)(=O)O[C@@H]5CC[C@@]6(C)[C@H](CC[C@@H]7[C@@H]6CC[C@]6(C)[C@@H](C(C)=O)CC[C@@H]76)C5)CC[C@]4(C)[C@H]3CC[C@]12C. The van der Waals surface area contributed by atoms with Gasteiger partial charge in [0.2, 0.25) is 0 Å². The average molecular weight is 699 g/mol. The highest BCUT2D eigenvalue weighted by Crippen LogP contribution is 2.69. The summed E-state index contributed by atoms with van der Waals surface area (Å²) in [4.78, 5) is 25.1. The van der Waals surface area contributed by atoms with Gasteiger partial charge in [0.15, 0.2) is 0 Å². The fourth-order valence-electron chi connectivity index (χ4n) is 16.3. The highest BCUT2D eigenvalue weighted by Gasteiger charge is 2.63. The van der Waals surface area contributed by atoms with Gasteiger partial charge in [0.05, 0.1) is 12.2 Å². The van der Waals surface area contributed by atoms with Crippen molar-refractivity contribution in [2.75, 3.05) is 0 Å². The molecule has 0 heterocycles. The third-order valence-electron chi connectivity index (χ3n) is 18.7. The summed E-state index contributed by atoms with van der Waals surface area (Å²) in [5.41, 5.74) is 0.812. The molecule has 8 aliphatic rings. The summed E-state index contributed by atoms with van der Waals surface area (Å²) in [6.07, 6.45) is 18.7. The molecule has 0 radical (unpaired) electrons. The van der Waals surface area contributed by atoms with Gasteiger partial charge in [-0.3, -0.25) is 9.59 Å². The molecule has 49 heavy (non-hydrogen) atoms. The molecular weight excluding hydrogens is 633 g/mol. The maximum atomic E-state index is 13.5. The Labute approximate surface area is 297 Å². The molecule has 6 nitrogen and oxygen atoms in total. The van der Waals surface area contributed by atoms with E-state index < -0.39 is 10.4 Å². The standard InChI is InChI=1S/C42H66O6S/c1-25(43)33-11-13-35-31-9-7-27-23-29(15-19-39(27,3)37(31)17-21-41(33,35)5)47-49(45,46)48-30-16-20-40(4)28(24-30)8-10-32-36-14-12-34(26(2)44)42(36,6)22-18-38(32)40/h27-38H,7-24H2,1-6H3/t27-,28-,29-,30-,31+,32+,33-,34-,35+,36+,37+,38+,39+,40+,41-,42-/m1/s1. The van der Waals surface area contributed by atoms with Crippen LogP contribution in [0.25, 0.3) is 0 Å². The Hall–Kier alpha value is -0.790. The Kier molecular flexibility index (Phi) is 8.72. The Morgan fingerprint density at radius 3 is 1.24 bits per heavy atom. The molecule has 0 spiro atoms. The van der Waals surface area contributed by atoms with Crippen LogP contribution in [0.4, 0.5) is 0 Å². The Morgan fingerprint density at radius 1 is 0.490 bits per heavy atom. The Balaban J connectivity index is 0.870. The molecule has 0 aromatic rings. The van der Waals surface area contributed by atoms with Gasteiger partial charge in [-0.2, -0.15) is 8.42 Å². The van der Waals surface area contributed by atoms with E-state index in [9.17, 15) is 18.0 Å². The van der Waals surface area contributed by atoms with Crippen molar-refractivity contribution < 1.29 is 26.4 Å². The second kappa shape index (κ2) is 12.1. The van der Waals surface area contributed by atoms with Gasteiger partial charge in [0.1, 0.15) is 11.6 Å².